The van der Waals surface area contributed by atoms with E-state index in [2.05, 4.69) is 4.98 Å². The van der Waals surface area contributed by atoms with Gasteiger partial charge in [0, 0.05) is 17.3 Å². The highest BCUT2D eigenvalue weighted by molar-refractivity contribution is 7.13. The van der Waals surface area contributed by atoms with E-state index in [1.807, 2.05) is 13.0 Å². The number of nitrogens with two attached hydrogens (primary N) is 2. The Morgan fingerprint density at radius 2 is 1.91 bits per heavy atom. The number of carbonyl (C=O) groups excluding carboxylic acids is 2. The fourth-order valence-corrected chi connectivity index (χ4v) is 3.30. The molecular formula is C16H13N3O2S. The Morgan fingerprint density at radius 3 is 2.50 bits per heavy atom. The minimum atomic E-state index is -0.488. The predicted octanol–water partition coefficient (Wildman–Crippen LogP) is 2.47. The Morgan fingerprint density at radius 1 is 1.14 bits per heavy atom. The average molecular weight is 311 g/mol. The molecule has 0 bridgehead atoms. The number of amides is 2. The molecule has 0 fully saturated rings. The zero-order chi connectivity index (χ0) is 15.9. The standard InChI is InChI=1S/C16H13N3O2S/c1-8-4-10-5-9(15(17)20)2-3-11(10)14(13(8)16(18)21)12-6-19-7-22-12/h2-7H,1H3,(H2,17,20)(H2,18,21). The quantitative estimate of drug-likeness (QED) is 0.777. The van der Waals surface area contributed by atoms with Crippen LogP contribution in [-0.2, 0) is 0 Å². The number of hydrogen-bond donors (Lipinski definition) is 2. The van der Waals surface area contributed by atoms with Crippen LogP contribution in [0.25, 0.3) is 21.2 Å². The van der Waals surface area contributed by atoms with Gasteiger partial charge >= 0.3 is 0 Å². The van der Waals surface area contributed by atoms with Gasteiger partial charge in [0.2, 0.25) is 11.8 Å². The van der Waals surface area contributed by atoms with E-state index in [1.165, 1.54) is 11.3 Å². The summed E-state index contributed by atoms with van der Waals surface area (Å²) in [6.45, 7) is 1.82. The van der Waals surface area contributed by atoms with Gasteiger partial charge in [-0.25, -0.2) is 0 Å². The molecule has 5 nitrogen and oxygen atoms in total. The molecule has 0 radical (unpaired) electrons. The third-order valence-corrected chi connectivity index (χ3v) is 4.34. The minimum absolute atomic E-state index is 0.425. The molecule has 3 rings (SSSR count). The number of fused-ring (bicyclic) bond motifs is 1. The van der Waals surface area contributed by atoms with E-state index in [1.54, 1.807) is 29.9 Å². The number of aryl methyl sites for hydroxylation is 1. The molecule has 4 N–H and O–H groups in total. The number of primary amides is 2. The van der Waals surface area contributed by atoms with Crippen molar-refractivity contribution in [2.75, 3.05) is 0 Å². The van der Waals surface area contributed by atoms with Gasteiger partial charge in [-0.3, -0.25) is 14.6 Å². The second-order valence-electron chi connectivity index (χ2n) is 4.97. The van der Waals surface area contributed by atoms with Crippen molar-refractivity contribution in [1.82, 2.24) is 4.98 Å². The van der Waals surface area contributed by atoms with Gasteiger partial charge in [0.25, 0.3) is 0 Å². The first-order valence-corrected chi connectivity index (χ1v) is 7.43. The van der Waals surface area contributed by atoms with E-state index in [4.69, 9.17) is 11.5 Å². The number of aromatic nitrogens is 1. The zero-order valence-electron chi connectivity index (χ0n) is 11.8. The topological polar surface area (TPSA) is 99.1 Å². The number of hydrogen-bond acceptors (Lipinski definition) is 4. The van der Waals surface area contributed by atoms with Crippen molar-refractivity contribution in [3.8, 4) is 10.4 Å². The highest BCUT2D eigenvalue weighted by Crippen LogP contribution is 2.36. The second kappa shape index (κ2) is 5.23. The Bertz CT molecular complexity index is 901. The maximum atomic E-state index is 11.9. The summed E-state index contributed by atoms with van der Waals surface area (Å²) >= 11 is 1.43. The van der Waals surface area contributed by atoms with Crippen LogP contribution < -0.4 is 11.5 Å². The maximum Gasteiger partial charge on any atom is 0.249 e. The summed E-state index contributed by atoms with van der Waals surface area (Å²) < 4.78 is 0. The fraction of sp³-hybridized carbons (Fsp3) is 0.0625. The van der Waals surface area contributed by atoms with Gasteiger partial charge in [-0.15, -0.1) is 11.3 Å². The SMILES string of the molecule is Cc1cc2cc(C(N)=O)ccc2c(-c2cncs2)c1C(N)=O. The van der Waals surface area contributed by atoms with Gasteiger partial charge < -0.3 is 11.5 Å². The smallest absolute Gasteiger partial charge is 0.249 e. The summed E-state index contributed by atoms with van der Waals surface area (Å²) in [7, 11) is 0. The molecule has 0 unspecified atom stereocenters. The molecule has 0 aliphatic rings. The average Bonchev–Trinajstić information content (AvgIpc) is 2.98. The number of benzene rings is 2. The number of nitrogens with zero attached hydrogens (tertiary/aromatic N) is 1. The molecule has 0 saturated carbocycles. The number of carbonyl (C=O) groups is 2. The zero-order valence-corrected chi connectivity index (χ0v) is 12.6. The van der Waals surface area contributed by atoms with E-state index in [-0.39, 0.29) is 0 Å². The van der Waals surface area contributed by atoms with Crippen LogP contribution in [0.4, 0.5) is 0 Å². The molecule has 1 aromatic heterocycles. The fourth-order valence-electron chi connectivity index (χ4n) is 2.61. The molecule has 0 aliphatic heterocycles. The summed E-state index contributed by atoms with van der Waals surface area (Å²) in [5.41, 5.74) is 15.0. The summed E-state index contributed by atoms with van der Waals surface area (Å²) in [5, 5.41) is 1.68. The van der Waals surface area contributed by atoms with Crippen molar-refractivity contribution < 1.29 is 9.59 Å². The first-order chi connectivity index (χ1) is 10.5. The van der Waals surface area contributed by atoms with Crippen molar-refractivity contribution in [3.05, 3.63) is 52.7 Å². The van der Waals surface area contributed by atoms with Crippen LogP contribution in [0.15, 0.2) is 36.0 Å². The molecule has 2 amide bonds. The summed E-state index contributed by atoms with van der Waals surface area (Å²) in [6.07, 6.45) is 1.70. The Kier molecular flexibility index (Phi) is 3.38. The summed E-state index contributed by atoms with van der Waals surface area (Å²) in [4.78, 5) is 28.2. The molecule has 1 heterocycles. The molecule has 0 spiro atoms. The van der Waals surface area contributed by atoms with Crippen molar-refractivity contribution >= 4 is 33.9 Å². The van der Waals surface area contributed by atoms with Gasteiger partial charge in [-0.05, 0) is 35.4 Å². The van der Waals surface area contributed by atoms with Crippen molar-refractivity contribution in [3.63, 3.8) is 0 Å². The molecule has 22 heavy (non-hydrogen) atoms. The molecular weight excluding hydrogens is 298 g/mol. The van der Waals surface area contributed by atoms with Gasteiger partial charge in [0.05, 0.1) is 16.0 Å². The van der Waals surface area contributed by atoms with Crippen molar-refractivity contribution in [1.29, 1.82) is 0 Å². The van der Waals surface area contributed by atoms with E-state index >= 15 is 0 Å². The lowest BCUT2D eigenvalue weighted by molar-refractivity contribution is 0.0991. The van der Waals surface area contributed by atoms with E-state index < -0.39 is 11.8 Å². The first-order valence-electron chi connectivity index (χ1n) is 6.55. The van der Waals surface area contributed by atoms with Gasteiger partial charge in [0.15, 0.2) is 0 Å². The summed E-state index contributed by atoms with van der Waals surface area (Å²) in [6, 6.07) is 7.00. The van der Waals surface area contributed by atoms with Crippen LogP contribution in [0, 0.1) is 6.92 Å². The van der Waals surface area contributed by atoms with Gasteiger partial charge in [-0.1, -0.05) is 12.1 Å². The van der Waals surface area contributed by atoms with Crippen molar-refractivity contribution in [2.45, 2.75) is 6.92 Å². The Hall–Kier alpha value is -2.73. The lowest BCUT2D eigenvalue weighted by Gasteiger charge is -2.13. The van der Waals surface area contributed by atoms with Gasteiger partial charge in [0.1, 0.15) is 0 Å². The van der Waals surface area contributed by atoms with Crippen LogP contribution in [0.3, 0.4) is 0 Å². The maximum absolute atomic E-state index is 11.9. The highest BCUT2D eigenvalue weighted by atomic mass is 32.1. The summed E-state index contributed by atoms with van der Waals surface area (Å²) in [5.74, 6) is -0.973. The predicted molar refractivity (Wildman–Crippen MR) is 86.8 cm³/mol. The normalized spacial score (nSPS) is 10.8. The van der Waals surface area contributed by atoms with Crippen molar-refractivity contribution in [2.24, 2.45) is 11.5 Å². The van der Waals surface area contributed by atoms with E-state index in [0.717, 1.165) is 26.8 Å². The van der Waals surface area contributed by atoms with Crippen LogP contribution in [0.2, 0.25) is 0 Å². The van der Waals surface area contributed by atoms with Crippen LogP contribution in [0.5, 0.6) is 0 Å². The monoisotopic (exact) mass is 311 g/mol. The highest BCUT2D eigenvalue weighted by Gasteiger charge is 2.18. The van der Waals surface area contributed by atoms with Crippen LogP contribution >= 0.6 is 11.3 Å². The second-order valence-corrected chi connectivity index (χ2v) is 5.86. The first kappa shape index (κ1) is 14.2. The third kappa shape index (κ3) is 2.23. The van der Waals surface area contributed by atoms with Gasteiger partial charge in [-0.2, -0.15) is 0 Å². The lowest BCUT2D eigenvalue weighted by atomic mass is 9.92. The van der Waals surface area contributed by atoms with Crippen LogP contribution in [-0.4, -0.2) is 16.8 Å². The van der Waals surface area contributed by atoms with E-state index in [9.17, 15) is 9.59 Å². The molecule has 6 heteroatoms. The largest absolute Gasteiger partial charge is 0.366 e. The molecule has 2 aromatic carbocycles. The molecule has 110 valence electrons. The minimum Gasteiger partial charge on any atom is -0.366 e. The van der Waals surface area contributed by atoms with E-state index in [0.29, 0.717) is 11.1 Å². The Labute approximate surface area is 130 Å². The molecule has 0 atom stereocenters. The lowest BCUT2D eigenvalue weighted by Crippen LogP contribution is -2.15. The third-order valence-electron chi connectivity index (χ3n) is 3.55. The Balaban J connectivity index is 2.44. The van der Waals surface area contributed by atoms with Crippen LogP contribution in [0.1, 0.15) is 26.3 Å². The number of rotatable bonds is 3. The molecule has 0 saturated heterocycles. The molecule has 0 aliphatic carbocycles. The molecule has 3 aromatic rings. The number of thiazole rings is 1.